The average Bonchev–Trinajstić information content (AvgIpc) is 3.50. The van der Waals surface area contributed by atoms with Crippen molar-refractivity contribution in [2.75, 3.05) is 5.73 Å². The smallest absolute Gasteiger partial charge is 0.135 e. The SMILES string of the molecule is Cc1ccc(-c2nccc3[nH]c(-c4n[nH]c5ccc(-c6cncc(N)c6)nc45)cc23)s1. The number of hydrogen-bond acceptors (Lipinski definition) is 6. The summed E-state index contributed by atoms with van der Waals surface area (Å²) in [6.07, 6.45) is 5.21. The molecule has 6 heterocycles. The Morgan fingerprint density at radius 3 is 2.74 bits per heavy atom. The van der Waals surface area contributed by atoms with Crippen molar-refractivity contribution < 1.29 is 0 Å². The molecule has 0 aliphatic carbocycles. The van der Waals surface area contributed by atoms with Crippen molar-refractivity contribution in [3.63, 3.8) is 0 Å². The number of H-pyrrole nitrogens is 2. The lowest BCUT2D eigenvalue weighted by Gasteiger charge is -2.02. The van der Waals surface area contributed by atoms with Gasteiger partial charge in [-0.25, -0.2) is 4.98 Å². The molecule has 0 spiro atoms. The summed E-state index contributed by atoms with van der Waals surface area (Å²) in [5.41, 5.74) is 13.4. The number of rotatable bonds is 3. The van der Waals surface area contributed by atoms with Crippen LogP contribution in [0.15, 0.2) is 61.1 Å². The Hall–Kier alpha value is -4.04. The number of hydrogen-bond donors (Lipinski definition) is 3. The molecule has 0 radical (unpaired) electrons. The van der Waals surface area contributed by atoms with E-state index in [1.807, 2.05) is 30.5 Å². The van der Waals surface area contributed by atoms with Gasteiger partial charge in [0.2, 0.25) is 0 Å². The fourth-order valence-corrected chi connectivity index (χ4v) is 4.66. The summed E-state index contributed by atoms with van der Waals surface area (Å²) in [5.74, 6) is 0. The van der Waals surface area contributed by atoms with E-state index in [4.69, 9.17) is 10.7 Å². The van der Waals surface area contributed by atoms with Crippen molar-refractivity contribution in [1.29, 1.82) is 0 Å². The highest BCUT2D eigenvalue weighted by molar-refractivity contribution is 7.15. The van der Waals surface area contributed by atoms with Gasteiger partial charge in [-0.15, -0.1) is 11.3 Å². The van der Waals surface area contributed by atoms with Crippen LogP contribution in [0.2, 0.25) is 0 Å². The normalized spacial score (nSPS) is 11.5. The number of nitrogens with one attached hydrogen (secondary N) is 2. The Bertz CT molecular complexity index is 1570. The second-order valence-electron chi connectivity index (χ2n) is 7.39. The maximum Gasteiger partial charge on any atom is 0.135 e. The Labute approximate surface area is 181 Å². The minimum absolute atomic E-state index is 0.603. The number of pyridine rings is 3. The van der Waals surface area contributed by atoms with Gasteiger partial charge in [-0.2, -0.15) is 5.10 Å². The lowest BCUT2D eigenvalue weighted by atomic mass is 10.1. The summed E-state index contributed by atoms with van der Waals surface area (Å²) < 4.78 is 0. The van der Waals surface area contributed by atoms with Crippen molar-refractivity contribution in [3.8, 4) is 33.2 Å². The summed E-state index contributed by atoms with van der Waals surface area (Å²) in [4.78, 5) is 19.6. The van der Waals surface area contributed by atoms with Gasteiger partial charge in [-0.3, -0.25) is 15.1 Å². The first-order chi connectivity index (χ1) is 15.2. The molecule has 6 aromatic heterocycles. The molecular formula is C23H17N7S. The first-order valence-electron chi connectivity index (χ1n) is 9.76. The van der Waals surface area contributed by atoms with Crippen LogP contribution in [0.25, 0.3) is 55.2 Å². The Morgan fingerprint density at radius 2 is 1.90 bits per heavy atom. The maximum atomic E-state index is 5.90. The van der Waals surface area contributed by atoms with Crippen LogP contribution in [0.3, 0.4) is 0 Å². The molecule has 8 heteroatoms. The average molecular weight is 424 g/mol. The molecule has 4 N–H and O–H groups in total. The van der Waals surface area contributed by atoms with Gasteiger partial charge in [0.05, 0.1) is 33.2 Å². The number of aryl methyl sites for hydroxylation is 1. The number of aromatic amines is 2. The first kappa shape index (κ1) is 17.8. The van der Waals surface area contributed by atoms with E-state index in [2.05, 4.69) is 50.3 Å². The molecular weight excluding hydrogens is 406 g/mol. The number of aromatic nitrogens is 6. The van der Waals surface area contributed by atoms with E-state index < -0.39 is 0 Å². The van der Waals surface area contributed by atoms with Gasteiger partial charge in [0.15, 0.2) is 0 Å². The molecule has 150 valence electrons. The van der Waals surface area contributed by atoms with Crippen LogP contribution in [0.1, 0.15) is 4.88 Å². The summed E-state index contributed by atoms with van der Waals surface area (Å²) in [7, 11) is 0. The molecule has 0 amide bonds. The third-order valence-electron chi connectivity index (χ3n) is 5.24. The van der Waals surface area contributed by atoms with Crippen LogP contribution < -0.4 is 5.73 Å². The lowest BCUT2D eigenvalue weighted by Crippen LogP contribution is -1.90. The number of nitrogen functional groups attached to an aromatic ring is 1. The van der Waals surface area contributed by atoms with Crippen molar-refractivity contribution in [2.45, 2.75) is 6.92 Å². The molecule has 0 aliphatic rings. The zero-order valence-corrected chi connectivity index (χ0v) is 17.4. The topological polar surface area (TPSA) is 109 Å². The fraction of sp³-hybridized carbons (Fsp3) is 0.0435. The molecule has 7 nitrogen and oxygen atoms in total. The van der Waals surface area contributed by atoms with Crippen molar-refractivity contribution >= 4 is 39.0 Å². The summed E-state index contributed by atoms with van der Waals surface area (Å²) >= 11 is 1.74. The highest BCUT2D eigenvalue weighted by Crippen LogP contribution is 2.35. The van der Waals surface area contributed by atoms with Gasteiger partial charge in [-0.05, 0) is 49.4 Å². The minimum atomic E-state index is 0.603. The number of nitrogens with two attached hydrogens (primary N) is 1. The molecule has 6 aromatic rings. The van der Waals surface area contributed by atoms with E-state index in [-0.39, 0.29) is 0 Å². The Morgan fingerprint density at radius 1 is 0.968 bits per heavy atom. The molecule has 0 aliphatic heterocycles. The third-order valence-corrected chi connectivity index (χ3v) is 6.25. The number of fused-ring (bicyclic) bond motifs is 2. The first-order valence-corrected chi connectivity index (χ1v) is 10.6. The Balaban J connectivity index is 1.51. The maximum absolute atomic E-state index is 5.90. The molecule has 31 heavy (non-hydrogen) atoms. The highest BCUT2D eigenvalue weighted by Gasteiger charge is 2.16. The summed E-state index contributed by atoms with van der Waals surface area (Å²) in [6, 6.07) is 14.1. The van der Waals surface area contributed by atoms with Crippen LogP contribution in [0.5, 0.6) is 0 Å². The summed E-state index contributed by atoms with van der Waals surface area (Å²) in [5, 5.41) is 8.69. The van der Waals surface area contributed by atoms with Gasteiger partial charge in [0.1, 0.15) is 11.2 Å². The molecule has 0 fully saturated rings. The molecule has 0 saturated heterocycles. The Kier molecular flexibility index (Phi) is 3.87. The molecule has 6 rings (SSSR count). The lowest BCUT2D eigenvalue weighted by molar-refractivity contribution is 1.12. The largest absolute Gasteiger partial charge is 0.397 e. The number of thiophene rings is 1. The van der Waals surface area contributed by atoms with Crippen molar-refractivity contribution in [1.82, 2.24) is 30.1 Å². The van der Waals surface area contributed by atoms with Crippen molar-refractivity contribution in [3.05, 3.63) is 65.9 Å². The minimum Gasteiger partial charge on any atom is -0.397 e. The van der Waals surface area contributed by atoms with E-state index in [1.165, 1.54) is 4.88 Å². The van der Waals surface area contributed by atoms with Crippen LogP contribution in [-0.2, 0) is 0 Å². The van der Waals surface area contributed by atoms with Gasteiger partial charge in [-0.1, -0.05) is 0 Å². The molecule has 0 atom stereocenters. The van der Waals surface area contributed by atoms with Gasteiger partial charge >= 0.3 is 0 Å². The number of anilines is 1. The third kappa shape index (κ3) is 2.96. The fourth-order valence-electron chi connectivity index (χ4n) is 3.78. The van der Waals surface area contributed by atoms with Crippen molar-refractivity contribution in [2.24, 2.45) is 0 Å². The quantitative estimate of drug-likeness (QED) is 0.363. The molecule has 0 saturated carbocycles. The predicted molar refractivity (Wildman–Crippen MR) is 125 cm³/mol. The van der Waals surface area contributed by atoms with E-state index in [1.54, 1.807) is 23.7 Å². The second-order valence-corrected chi connectivity index (χ2v) is 8.67. The molecule has 0 aromatic carbocycles. The van der Waals surface area contributed by atoms with E-state index in [0.717, 1.165) is 55.2 Å². The zero-order valence-electron chi connectivity index (χ0n) is 16.5. The van der Waals surface area contributed by atoms with Crippen LogP contribution in [0.4, 0.5) is 5.69 Å². The van der Waals surface area contributed by atoms with E-state index in [0.29, 0.717) is 5.69 Å². The predicted octanol–water partition coefficient (Wildman–Crippen LogP) is 5.18. The van der Waals surface area contributed by atoms with Crippen LogP contribution in [0, 0.1) is 6.92 Å². The van der Waals surface area contributed by atoms with Crippen LogP contribution >= 0.6 is 11.3 Å². The monoisotopic (exact) mass is 423 g/mol. The highest BCUT2D eigenvalue weighted by atomic mass is 32.1. The summed E-state index contributed by atoms with van der Waals surface area (Å²) in [6.45, 7) is 2.10. The van der Waals surface area contributed by atoms with Gasteiger partial charge < -0.3 is 10.7 Å². The number of nitrogens with zero attached hydrogens (tertiary/aromatic N) is 4. The molecule has 0 bridgehead atoms. The van der Waals surface area contributed by atoms with Crippen LogP contribution in [-0.4, -0.2) is 30.1 Å². The van der Waals surface area contributed by atoms with Gasteiger partial charge in [0, 0.05) is 39.9 Å². The van der Waals surface area contributed by atoms with Gasteiger partial charge in [0.25, 0.3) is 0 Å². The van der Waals surface area contributed by atoms with E-state index >= 15 is 0 Å². The standard InChI is InChI=1S/C23H17N7S/c1-12-2-5-20(31-12)21-15-9-19(27-17(15)6-7-26-21)23-22-18(29-30-23)4-3-16(28-22)13-8-14(24)11-25-10-13/h2-11,27H,24H2,1H3,(H,29,30). The second kappa shape index (κ2) is 6.75. The molecule has 0 unspecified atom stereocenters. The van der Waals surface area contributed by atoms with E-state index in [9.17, 15) is 0 Å². The zero-order chi connectivity index (χ0) is 20.9.